The third-order valence-electron chi connectivity index (χ3n) is 6.37. The molecular weight excluding hydrogens is 422 g/mol. The van der Waals surface area contributed by atoms with Crippen molar-refractivity contribution in [2.24, 2.45) is 5.92 Å². The van der Waals surface area contributed by atoms with Crippen LogP contribution in [0.1, 0.15) is 37.3 Å². The molecule has 2 aromatic carbocycles. The number of fused-ring (bicyclic) bond motifs is 1. The van der Waals surface area contributed by atoms with Gasteiger partial charge in [0.05, 0.1) is 19.2 Å². The van der Waals surface area contributed by atoms with Gasteiger partial charge in [0.2, 0.25) is 5.91 Å². The van der Waals surface area contributed by atoms with Crippen LogP contribution in [0.3, 0.4) is 0 Å². The number of nitrogens with zero attached hydrogens (tertiary/aromatic N) is 1. The van der Waals surface area contributed by atoms with Gasteiger partial charge in [-0.25, -0.2) is 4.79 Å². The van der Waals surface area contributed by atoms with Crippen molar-refractivity contribution in [1.29, 1.82) is 0 Å². The minimum absolute atomic E-state index is 0.0134. The Labute approximate surface area is 192 Å². The number of amides is 1. The van der Waals surface area contributed by atoms with Crippen molar-refractivity contribution in [3.05, 3.63) is 52.4 Å². The number of benzene rings is 2. The second-order valence-electron chi connectivity index (χ2n) is 8.47. The van der Waals surface area contributed by atoms with Gasteiger partial charge in [-0.2, -0.15) is 0 Å². The number of carbonyl (C=O) groups is 1. The highest BCUT2D eigenvalue weighted by molar-refractivity contribution is 5.92. The number of aromatic amines is 1. The maximum absolute atomic E-state index is 12.8. The first-order valence-corrected chi connectivity index (χ1v) is 11.3. The first kappa shape index (κ1) is 22.9. The minimum Gasteiger partial charge on any atom is -0.496 e. The maximum atomic E-state index is 12.8. The van der Waals surface area contributed by atoms with Gasteiger partial charge in [0.1, 0.15) is 23.6 Å². The summed E-state index contributed by atoms with van der Waals surface area (Å²) in [5.74, 6) is 1.32. The summed E-state index contributed by atoms with van der Waals surface area (Å²) in [5, 5.41) is 3.02. The van der Waals surface area contributed by atoms with Crippen LogP contribution in [0.2, 0.25) is 0 Å². The van der Waals surface area contributed by atoms with Crippen LogP contribution in [0.4, 0.5) is 5.69 Å². The van der Waals surface area contributed by atoms with Crippen LogP contribution in [0.15, 0.2) is 41.2 Å². The molecule has 1 aliphatic rings. The average Bonchev–Trinajstić information content (AvgIpc) is 3.17. The Balaban J connectivity index is 1.43. The second kappa shape index (κ2) is 10.1. The fourth-order valence-electron chi connectivity index (χ4n) is 4.58. The largest absolute Gasteiger partial charge is 0.496 e. The molecule has 2 N–H and O–H groups in total. The Morgan fingerprint density at radius 3 is 2.61 bits per heavy atom. The van der Waals surface area contributed by atoms with Crippen molar-refractivity contribution in [2.45, 2.75) is 38.6 Å². The first-order valence-electron chi connectivity index (χ1n) is 11.3. The monoisotopic (exact) mass is 453 g/mol. The van der Waals surface area contributed by atoms with Gasteiger partial charge >= 0.3 is 5.69 Å². The molecule has 1 aliphatic carbocycles. The summed E-state index contributed by atoms with van der Waals surface area (Å²) in [7, 11) is 3.24. The number of anilines is 1. The number of methoxy groups -OCH3 is 2. The number of ether oxygens (including phenoxy) is 3. The molecular formula is C25H31N3O5. The molecule has 0 atom stereocenters. The maximum Gasteiger partial charge on any atom is 0.326 e. The summed E-state index contributed by atoms with van der Waals surface area (Å²) in [5.41, 5.74) is 3.14. The van der Waals surface area contributed by atoms with Crippen molar-refractivity contribution in [2.75, 3.05) is 32.8 Å². The van der Waals surface area contributed by atoms with E-state index in [0.29, 0.717) is 24.5 Å². The van der Waals surface area contributed by atoms with E-state index in [1.165, 1.54) is 0 Å². The standard InChI is InChI=1S/C25H31N3O5/c1-16-7-10-18(15-22(16)32-3)26-24(29)17-8-11-19(12-9-17)28-20-5-4-6-21(33-14-13-31-2)23(20)27-25(28)30/h4-7,10,15,17,19H,8-9,11-14H2,1-3H3,(H,26,29)(H,27,30)/t17-,19+. The van der Waals surface area contributed by atoms with Crippen molar-refractivity contribution < 1.29 is 19.0 Å². The van der Waals surface area contributed by atoms with Crippen LogP contribution >= 0.6 is 0 Å². The number of H-pyrrole nitrogens is 1. The molecule has 0 saturated heterocycles. The molecule has 176 valence electrons. The summed E-state index contributed by atoms with van der Waals surface area (Å²) in [4.78, 5) is 28.6. The molecule has 3 aromatic rings. The molecule has 1 fully saturated rings. The lowest BCUT2D eigenvalue weighted by atomic mass is 9.85. The van der Waals surface area contributed by atoms with E-state index in [1.807, 2.05) is 47.9 Å². The van der Waals surface area contributed by atoms with Gasteiger partial charge in [-0.3, -0.25) is 9.36 Å². The minimum atomic E-state index is -0.146. The van der Waals surface area contributed by atoms with E-state index in [1.54, 1.807) is 14.2 Å². The van der Waals surface area contributed by atoms with E-state index < -0.39 is 0 Å². The van der Waals surface area contributed by atoms with E-state index in [4.69, 9.17) is 14.2 Å². The Morgan fingerprint density at radius 1 is 1.09 bits per heavy atom. The topological polar surface area (TPSA) is 94.6 Å². The number of hydrogen-bond donors (Lipinski definition) is 2. The van der Waals surface area contributed by atoms with Crippen LogP contribution in [0.25, 0.3) is 11.0 Å². The number of imidazole rings is 1. The SMILES string of the molecule is COCCOc1cccc2c1[nH]c(=O)n2[C@H]1CC[C@@H](C(=O)Nc2ccc(C)c(OC)c2)CC1. The molecule has 0 bridgehead atoms. The molecule has 33 heavy (non-hydrogen) atoms. The molecule has 0 aliphatic heterocycles. The Morgan fingerprint density at radius 2 is 1.88 bits per heavy atom. The lowest BCUT2D eigenvalue weighted by molar-refractivity contribution is -0.121. The van der Waals surface area contributed by atoms with E-state index in [-0.39, 0.29) is 23.6 Å². The second-order valence-corrected chi connectivity index (χ2v) is 8.47. The summed E-state index contributed by atoms with van der Waals surface area (Å²) in [6.45, 7) is 2.85. The van der Waals surface area contributed by atoms with Crippen molar-refractivity contribution in [1.82, 2.24) is 9.55 Å². The van der Waals surface area contributed by atoms with Crippen molar-refractivity contribution >= 4 is 22.6 Å². The highest BCUT2D eigenvalue weighted by Gasteiger charge is 2.29. The normalized spacial score (nSPS) is 18.3. The van der Waals surface area contributed by atoms with Gasteiger partial charge in [0.25, 0.3) is 0 Å². The Kier molecular flexibility index (Phi) is 7.03. The summed E-state index contributed by atoms with van der Waals surface area (Å²) >= 11 is 0. The highest BCUT2D eigenvalue weighted by atomic mass is 16.5. The fourth-order valence-corrected chi connectivity index (χ4v) is 4.58. The molecule has 0 unspecified atom stereocenters. The van der Waals surface area contributed by atoms with Crippen LogP contribution in [0.5, 0.6) is 11.5 Å². The van der Waals surface area contributed by atoms with Crippen LogP contribution < -0.4 is 20.5 Å². The van der Waals surface area contributed by atoms with Crippen LogP contribution in [0, 0.1) is 12.8 Å². The van der Waals surface area contributed by atoms with Gasteiger partial charge in [-0.1, -0.05) is 12.1 Å². The van der Waals surface area contributed by atoms with Crippen molar-refractivity contribution in [3.8, 4) is 11.5 Å². The Hall–Kier alpha value is -3.26. The molecule has 8 nitrogen and oxygen atoms in total. The quantitative estimate of drug-likeness (QED) is 0.502. The molecule has 0 spiro atoms. The van der Waals surface area contributed by atoms with Gasteiger partial charge in [-0.15, -0.1) is 0 Å². The van der Waals surface area contributed by atoms with Gasteiger partial charge in [0, 0.05) is 30.8 Å². The molecule has 1 heterocycles. The average molecular weight is 454 g/mol. The number of para-hydroxylation sites is 1. The van der Waals surface area contributed by atoms with Gasteiger partial charge < -0.3 is 24.5 Å². The molecule has 1 saturated carbocycles. The summed E-state index contributed by atoms with van der Waals surface area (Å²) in [6, 6.07) is 11.4. The smallest absolute Gasteiger partial charge is 0.326 e. The third kappa shape index (κ3) is 4.90. The number of carbonyl (C=O) groups excluding carboxylic acids is 1. The lowest BCUT2D eigenvalue weighted by Crippen LogP contribution is -2.31. The van der Waals surface area contributed by atoms with Crippen LogP contribution in [-0.4, -0.2) is 42.9 Å². The molecule has 1 aromatic heterocycles. The number of aromatic nitrogens is 2. The van der Waals surface area contributed by atoms with Crippen LogP contribution in [-0.2, 0) is 9.53 Å². The van der Waals surface area contributed by atoms with Gasteiger partial charge in [-0.05, 0) is 56.4 Å². The third-order valence-corrected chi connectivity index (χ3v) is 6.37. The van der Waals surface area contributed by atoms with Crippen molar-refractivity contribution in [3.63, 3.8) is 0 Å². The molecule has 8 heteroatoms. The zero-order valence-corrected chi connectivity index (χ0v) is 19.3. The van der Waals surface area contributed by atoms with E-state index >= 15 is 0 Å². The lowest BCUT2D eigenvalue weighted by Gasteiger charge is -2.28. The molecule has 4 rings (SSSR count). The zero-order valence-electron chi connectivity index (χ0n) is 19.3. The highest BCUT2D eigenvalue weighted by Crippen LogP contribution is 2.35. The van der Waals surface area contributed by atoms with E-state index in [2.05, 4.69) is 10.3 Å². The van der Waals surface area contributed by atoms with E-state index in [9.17, 15) is 9.59 Å². The fraction of sp³-hybridized carbons (Fsp3) is 0.440. The first-order chi connectivity index (χ1) is 16.0. The predicted molar refractivity (Wildman–Crippen MR) is 127 cm³/mol. The number of nitrogens with one attached hydrogen (secondary N) is 2. The van der Waals surface area contributed by atoms with Gasteiger partial charge in [0.15, 0.2) is 0 Å². The zero-order chi connectivity index (χ0) is 23.4. The number of hydrogen-bond acceptors (Lipinski definition) is 5. The number of rotatable bonds is 8. The predicted octanol–water partition coefficient (Wildman–Crippen LogP) is 4.04. The summed E-state index contributed by atoms with van der Waals surface area (Å²) in [6.07, 6.45) is 2.97. The molecule has 0 radical (unpaired) electrons. The molecule has 1 amide bonds. The number of aryl methyl sites for hydroxylation is 1. The Bertz CT molecular complexity index is 1170. The summed E-state index contributed by atoms with van der Waals surface area (Å²) < 4.78 is 18.0. The van der Waals surface area contributed by atoms with E-state index in [0.717, 1.165) is 48.2 Å².